The maximum absolute atomic E-state index is 11.2. The van der Waals surface area contributed by atoms with Gasteiger partial charge in [-0.2, -0.15) is 0 Å². The Morgan fingerprint density at radius 2 is 2.07 bits per heavy atom. The molecule has 0 amide bonds. The molecular formula is C8H6ClIO4. The fourth-order valence-electron chi connectivity index (χ4n) is 0.894. The van der Waals surface area contributed by atoms with Crippen molar-refractivity contribution < 1.29 is 19.7 Å². The lowest BCUT2D eigenvalue weighted by Crippen LogP contribution is -2.03. The zero-order valence-corrected chi connectivity index (χ0v) is 9.96. The molecule has 0 fully saturated rings. The number of methoxy groups -OCH3 is 1. The number of carbonyl (C=O) groups is 1. The average molecular weight is 328 g/mol. The molecule has 76 valence electrons. The number of hydrogen-bond donors (Lipinski definition) is 2. The average Bonchev–Trinajstić information content (AvgIpc) is 2.15. The second kappa shape index (κ2) is 4.22. The van der Waals surface area contributed by atoms with E-state index >= 15 is 0 Å². The van der Waals surface area contributed by atoms with Crippen LogP contribution in [0.3, 0.4) is 0 Å². The highest BCUT2D eigenvalue weighted by atomic mass is 127. The lowest BCUT2D eigenvalue weighted by atomic mass is 10.2. The minimum absolute atomic E-state index is 0.00685. The van der Waals surface area contributed by atoms with Crippen LogP contribution in [0.5, 0.6) is 11.5 Å². The molecule has 0 aliphatic rings. The molecule has 1 aromatic rings. The minimum Gasteiger partial charge on any atom is -0.506 e. The predicted octanol–water partition coefficient (Wildman–Crippen LogP) is 2.14. The van der Waals surface area contributed by atoms with Crippen LogP contribution in [0.25, 0.3) is 0 Å². The highest BCUT2D eigenvalue weighted by Gasteiger charge is 2.22. The van der Waals surface area contributed by atoms with Gasteiger partial charge >= 0.3 is 5.97 Å². The normalized spacial score (nSPS) is 9.93. The first kappa shape index (κ1) is 11.4. The molecule has 2 N–H and O–H groups in total. The van der Waals surface area contributed by atoms with Crippen LogP contribution in [0.15, 0.2) is 6.07 Å². The van der Waals surface area contributed by atoms with Gasteiger partial charge in [-0.1, -0.05) is 11.6 Å². The van der Waals surface area contributed by atoms with E-state index in [0.717, 1.165) is 7.11 Å². The van der Waals surface area contributed by atoms with Crippen LogP contribution in [-0.2, 0) is 4.74 Å². The van der Waals surface area contributed by atoms with E-state index in [9.17, 15) is 15.0 Å². The van der Waals surface area contributed by atoms with Gasteiger partial charge in [-0.15, -0.1) is 0 Å². The molecule has 0 spiro atoms. The Morgan fingerprint density at radius 3 is 2.57 bits per heavy atom. The summed E-state index contributed by atoms with van der Waals surface area (Å²) in [5.74, 6) is -1.64. The molecule has 0 saturated heterocycles. The Kier molecular flexibility index (Phi) is 3.43. The molecule has 14 heavy (non-hydrogen) atoms. The fraction of sp³-hybridized carbons (Fsp3) is 0.125. The van der Waals surface area contributed by atoms with Gasteiger partial charge in [0.25, 0.3) is 0 Å². The zero-order valence-electron chi connectivity index (χ0n) is 7.04. The lowest BCUT2D eigenvalue weighted by molar-refractivity contribution is 0.0594. The summed E-state index contributed by atoms with van der Waals surface area (Å²) in [7, 11) is 1.15. The number of aromatic hydroxyl groups is 2. The van der Waals surface area contributed by atoms with Gasteiger partial charge in [0, 0.05) is 0 Å². The second-order valence-corrected chi connectivity index (χ2v) is 3.97. The first-order valence-electron chi connectivity index (χ1n) is 3.47. The number of benzene rings is 1. The van der Waals surface area contributed by atoms with Crippen molar-refractivity contribution in [3.8, 4) is 11.5 Å². The predicted molar refractivity (Wildman–Crippen MR) is 58.8 cm³/mol. The number of phenolic OH excluding ortho intramolecular Hbond substituents is 2. The molecule has 0 radical (unpaired) electrons. The zero-order chi connectivity index (χ0) is 10.9. The van der Waals surface area contributed by atoms with E-state index in [-0.39, 0.29) is 16.3 Å². The van der Waals surface area contributed by atoms with E-state index in [2.05, 4.69) is 4.74 Å². The van der Waals surface area contributed by atoms with Crippen LogP contribution in [0.1, 0.15) is 10.4 Å². The summed E-state index contributed by atoms with van der Waals surface area (Å²) in [4.78, 5) is 11.2. The van der Waals surface area contributed by atoms with Crippen LogP contribution in [0.2, 0.25) is 5.02 Å². The minimum atomic E-state index is -0.833. The third kappa shape index (κ3) is 1.88. The summed E-state index contributed by atoms with van der Waals surface area (Å²) in [6.07, 6.45) is 0. The van der Waals surface area contributed by atoms with Crippen molar-refractivity contribution >= 4 is 40.2 Å². The van der Waals surface area contributed by atoms with Crippen molar-refractivity contribution in [3.05, 3.63) is 20.2 Å². The number of esters is 1. The number of ether oxygens (including phenoxy) is 1. The van der Waals surface area contributed by atoms with Crippen molar-refractivity contribution in [3.63, 3.8) is 0 Å². The SMILES string of the molecule is COC(=O)c1c(O)c(Cl)cc(I)c1O. The van der Waals surface area contributed by atoms with Crippen LogP contribution in [0.4, 0.5) is 0 Å². The summed E-state index contributed by atoms with van der Waals surface area (Å²) >= 11 is 7.41. The molecule has 6 heteroatoms. The van der Waals surface area contributed by atoms with Gasteiger partial charge < -0.3 is 14.9 Å². The maximum Gasteiger partial charge on any atom is 0.345 e. The molecule has 0 aromatic heterocycles. The van der Waals surface area contributed by atoms with Gasteiger partial charge in [0.1, 0.15) is 11.3 Å². The highest BCUT2D eigenvalue weighted by Crippen LogP contribution is 2.37. The van der Waals surface area contributed by atoms with Gasteiger partial charge in [-0.25, -0.2) is 4.79 Å². The van der Waals surface area contributed by atoms with Crippen LogP contribution in [-0.4, -0.2) is 23.3 Å². The third-order valence-electron chi connectivity index (χ3n) is 1.57. The van der Waals surface area contributed by atoms with Crippen molar-refractivity contribution in [2.24, 2.45) is 0 Å². The van der Waals surface area contributed by atoms with Crippen molar-refractivity contribution in [2.45, 2.75) is 0 Å². The quantitative estimate of drug-likeness (QED) is 0.612. The number of carbonyl (C=O) groups excluding carboxylic acids is 1. The van der Waals surface area contributed by atoms with Crippen molar-refractivity contribution in [2.75, 3.05) is 7.11 Å². The molecule has 0 heterocycles. The molecule has 0 aliphatic carbocycles. The summed E-state index contributed by atoms with van der Waals surface area (Å²) in [6.45, 7) is 0. The van der Waals surface area contributed by atoms with Crippen LogP contribution >= 0.6 is 34.2 Å². The molecule has 1 aromatic carbocycles. The number of phenols is 2. The van der Waals surface area contributed by atoms with E-state index in [1.54, 1.807) is 22.6 Å². The van der Waals surface area contributed by atoms with E-state index < -0.39 is 11.7 Å². The van der Waals surface area contributed by atoms with Crippen molar-refractivity contribution in [1.29, 1.82) is 0 Å². The lowest BCUT2D eigenvalue weighted by Gasteiger charge is -2.08. The summed E-state index contributed by atoms with van der Waals surface area (Å²) in [5.41, 5.74) is -0.315. The maximum atomic E-state index is 11.2. The fourth-order valence-corrected chi connectivity index (χ4v) is 1.86. The standard InChI is InChI=1S/C8H6ClIO4/c1-14-8(13)5-6(11)3(9)2-4(10)7(5)12/h2,11-12H,1H3. The Balaban J connectivity index is 3.47. The van der Waals surface area contributed by atoms with Gasteiger partial charge in [0.05, 0.1) is 15.7 Å². The monoisotopic (exact) mass is 328 g/mol. The Bertz CT molecular complexity index is 365. The Labute approximate surface area is 98.6 Å². The molecule has 0 saturated carbocycles. The highest BCUT2D eigenvalue weighted by molar-refractivity contribution is 14.1. The molecule has 4 nitrogen and oxygen atoms in total. The third-order valence-corrected chi connectivity index (χ3v) is 2.68. The number of halogens is 2. The summed E-state index contributed by atoms with van der Waals surface area (Å²) in [5, 5.41) is 18.9. The molecule has 0 bridgehead atoms. The van der Waals surface area contributed by atoms with Gasteiger partial charge in [-0.3, -0.25) is 0 Å². The van der Waals surface area contributed by atoms with E-state index in [4.69, 9.17) is 11.6 Å². The van der Waals surface area contributed by atoms with Crippen molar-refractivity contribution in [1.82, 2.24) is 0 Å². The smallest absolute Gasteiger partial charge is 0.345 e. The van der Waals surface area contributed by atoms with Gasteiger partial charge in [0.15, 0.2) is 5.75 Å². The molecular weight excluding hydrogens is 322 g/mol. The van der Waals surface area contributed by atoms with E-state index in [1.807, 2.05) is 0 Å². The first-order chi connectivity index (χ1) is 6.49. The van der Waals surface area contributed by atoms with Crippen LogP contribution < -0.4 is 0 Å². The second-order valence-electron chi connectivity index (χ2n) is 2.40. The topological polar surface area (TPSA) is 66.8 Å². The molecule has 0 unspecified atom stereocenters. The number of rotatable bonds is 1. The molecule has 1 rings (SSSR count). The molecule has 0 atom stereocenters. The van der Waals surface area contributed by atoms with Gasteiger partial charge in [0.2, 0.25) is 0 Å². The number of hydrogen-bond acceptors (Lipinski definition) is 4. The first-order valence-corrected chi connectivity index (χ1v) is 4.93. The molecule has 0 aliphatic heterocycles. The summed E-state index contributed by atoms with van der Waals surface area (Å²) in [6, 6.07) is 1.35. The largest absolute Gasteiger partial charge is 0.506 e. The van der Waals surface area contributed by atoms with Crippen LogP contribution in [0, 0.1) is 3.57 Å². The van der Waals surface area contributed by atoms with E-state index in [0.29, 0.717) is 3.57 Å². The van der Waals surface area contributed by atoms with E-state index in [1.165, 1.54) is 6.07 Å². The Hall–Kier alpha value is -0.690. The Morgan fingerprint density at radius 1 is 1.50 bits per heavy atom. The van der Waals surface area contributed by atoms with Gasteiger partial charge in [-0.05, 0) is 28.7 Å². The summed E-state index contributed by atoms with van der Waals surface area (Å²) < 4.78 is 4.75.